The molecule has 0 saturated heterocycles. The average molecular weight is 168 g/mol. The van der Waals surface area contributed by atoms with E-state index in [4.69, 9.17) is 5.11 Å². The van der Waals surface area contributed by atoms with E-state index in [9.17, 15) is 4.39 Å². The Morgan fingerprint density at radius 1 is 1.42 bits per heavy atom. The minimum absolute atomic E-state index is 0.299. The van der Waals surface area contributed by atoms with E-state index in [2.05, 4.69) is 19.7 Å². The first-order valence-electron chi connectivity index (χ1n) is 3.62. The smallest absolute Gasteiger partial charge is 0.129 e. The third-order valence-corrected chi connectivity index (χ3v) is 1.28. The van der Waals surface area contributed by atoms with Crippen molar-refractivity contribution in [3.05, 3.63) is 49.0 Å². The van der Waals surface area contributed by atoms with Gasteiger partial charge in [-0.3, -0.25) is 0 Å². The van der Waals surface area contributed by atoms with Gasteiger partial charge in [0.25, 0.3) is 0 Å². The molecule has 0 heterocycles. The van der Waals surface area contributed by atoms with Gasteiger partial charge in [-0.2, -0.15) is 0 Å². The molecule has 0 radical (unpaired) electrons. The lowest BCUT2D eigenvalue weighted by atomic mass is 10.1. The Kier molecular flexibility index (Phi) is 4.77. The fourth-order valence-electron chi connectivity index (χ4n) is 0.644. The molecule has 66 valence electrons. The molecule has 1 N–H and O–H groups in total. The van der Waals surface area contributed by atoms with Crippen LogP contribution in [-0.2, 0) is 0 Å². The highest BCUT2D eigenvalue weighted by Gasteiger charge is 2.00. The lowest BCUT2D eigenvalue weighted by Crippen LogP contribution is -1.83. The second kappa shape index (κ2) is 5.35. The highest BCUT2D eigenvalue weighted by molar-refractivity contribution is 5.27. The maximum Gasteiger partial charge on any atom is 0.129 e. The van der Waals surface area contributed by atoms with Crippen LogP contribution in [0.25, 0.3) is 0 Å². The van der Waals surface area contributed by atoms with E-state index in [-0.39, 0.29) is 5.76 Å². The Morgan fingerprint density at radius 3 is 2.42 bits per heavy atom. The molecule has 2 heteroatoms. The van der Waals surface area contributed by atoms with Crippen LogP contribution < -0.4 is 0 Å². The molecule has 0 aliphatic heterocycles. The van der Waals surface area contributed by atoms with Gasteiger partial charge in [-0.25, -0.2) is 4.39 Å². The van der Waals surface area contributed by atoms with Crippen LogP contribution in [0.1, 0.15) is 12.8 Å². The van der Waals surface area contributed by atoms with Crippen LogP contribution >= 0.6 is 0 Å². The van der Waals surface area contributed by atoms with Gasteiger partial charge in [0.15, 0.2) is 0 Å². The van der Waals surface area contributed by atoms with Crippen molar-refractivity contribution in [1.82, 2.24) is 0 Å². The van der Waals surface area contributed by atoms with Gasteiger partial charge in [0.1, 0.15) is 11.6 Å². The van der Waals surface area contributed by atoms with Crippen molar-refractivity contribution >= 4 is 0 Å². The minimum atomic E-state index is -0.524. The van der Waals surface area contributed by atoms with Crippen LogP contribution in [0.5, 0.6) is 0 Å². The summed E-state index contributed by atoms with van der Waals surface area (Å²) in [6, 6.07) is 0. The molecule has 0 aliphatic rings. The zero-order valence-corrected chi connectivity index (χ0v) is 7.02. The summed E-state index contributed by atoms with van der Waals surface area (Å²) in [4.78, 5) is 0. The second-order valence-corrected chi connectivity index (χ2v) is 2.41. The molecule has 0 aromatic heterocycles. The lowest BCUT2D eigenvalue weighted by molar-refractivity contribution is 0.431. The SMILES string of the molecule is C=CCCC(=C)/C(F)=C\C(=C)O. The van der Waals surface area contributed by atoms with Gasteiger partial charge >= 0.3 is 0 Å². The van der Waals surface area contributed by atoms with E-state index in [1.165, 1.54) is 0 Å². The number of aliphatic hydroxyl groups excluding tert-OH is 1. The molecule has 0 spiro atoms. The molecule has 0 aromatic carbocycles. The van der Waals surface area contributed by atoms with Crippen LogP contribution in [0.4, 0.5) is 4.39 Å². The number of aliphatic hydroxyl groups is 1. The zero-order chi connectivity index (χ0) is 9.56. The molecule has 0 amide bonds. The third-order valence-electron chi connectivity index (χ3n) is 1.28. The van der Waals surface area contributed by atoms with Gasteiger partial charge in [0.2, 0.25) is 0 Å². The van der Waals surface area contributed by atoms with Crippen LogP contribution in [0, 0.1) is 0 Å². The fraction of sp³-hybridized carbons (Fsp3) is 0.200. The van der Waals surface area contributed by atoms with Crippen molar-refractivity contribution in [2.75, 3.05) is 0 Å². The first-order valence-corrected chi connectivity index (χ1v) is 3.62. The van der Waals surface area contributed by atoms with E-state index in [1.54, 1.807) is 6.08 Å². The monoisotopic (exact) mass is 168 g/mol. The largest absolute Gasteiger partial charge is 0.508 e. The molecule has 0 fully saturated rings. The number of hydrogen-bond donors (Lipinski definition) is 1. The third kappa shape index (κ3) is 4.50. The Labute approximate surface area is 72.2 Å². The fourth-order valence-corrected chi connectivity index (χ4v) is 0.644. The Bertz CT molecular complexity index is 226. The first-order chi connectivity index (χ1) is 5.57. The summed E-state index contributed by atoms with van der Waals surface area (Å²) in [7, 11) is 0. The molecular weight excluding hydrogens is 155 g/mol. The van der Waals surface area contributed by atoms with Crippen molar-refractivity contribution in [1.29, 1.82) is 0 Å². The Morgan fingerprint density at radius 2 is 2.00 bits per heavy atom. The van der Waals surface area contributed by atoms with Crippen LogP contribution in [0.3, 0.4) is 0 Å². The molecule has 0 saturated carbocycles. The van der Waals surface area contributed by atoms with Crippen LogP contribution in [0.15, 0.2) is 49.0 Å². The van der Waals surface area contributed by atoms with E-state index in [1.807, 2.05) is 0 Å². The Balaban J connectivity index is 4.09. The molecule has 0 atom stereocenters. The van der Waals surface area contributed by atoms with Gasteiger partial charge in [-0.1, -0.05) is 19.2 Å². The summed E-state index contributed by atoms with van der Waals surface area (Å²) in [6.45, 7) is 10.1. The van der Waals surface area contributed by atoms with Gasteiger partial charge in [-0.05, 0) is 18.4 Å². The number of hydrogen-bond acceptors (Lipinski definition) is 1. The zero-order valence-electron chi connectivity index (χ0n) is 7.02. The highest BCUT2D eigenvalue weighted by atomic mass is 19.1. The summed E-state index contributed by atoms with van der Waals surface area (Å²) in [5.74, 6) is -0.823. The van der Waals surface area contributed by atoms with Crippen molar-refractivity contribution in [3.8, 4) is 0 Å². The van der Waals surface area contributed by atoms with Crippen molar-refractivity contribution < 1.29 is 9.50 Å². The maximum absolute atomic E-state index is 12.9. The molecule has 0 aromatic rings. The van der Waals surface area contributed by atoms with E-state index in [0.29, 0.717) is 18.4 Å². The topological polar surface area (TPSA) is 20.2 Å². The summed E-state index contributed by atoms with van der Waals surface area (Å²) in [5, 5.41) is 8.62. The van der Waals surface area contributed by atoms with E-state index < -0.39 is 5.83 Å². The standard InChI is InChI=1S/C10H13FO/c1-4-5-6-8(2)10(11)7-9(3)12/h4,7,12H,1-3,5-6H2/b10-7+. The number of rotatable bonds is 5. The predicted octanol–water partition coefficient (Wildman–Crippen LogP) is 3.43. The van der Waals surface area contributed by atoms with Gasteiger partial charge in [0, 0.05) is 6.08 Å². The van der Waals surface area contributed by atoms with Crippen LogP contribution in [-0.4, -0.2) is 5.11 Å². The second-order valence-electron chi connectivity index (χ2n) is 2.41. The summed E-state index contributed by atoms with van der Waals surface area (Å²) < 4.78 is 12.9. The van der Waals surface area contributed by atoms with Gasteiger partial charge in [-0.15, -0.1) is 6.58 Å². The predicted molar refractivity (Wildman–Crippen MR) is 49.5 cm³/mol. The van der Waals surface area contributed by atoms with Gasteiger partial charge in [0.05, 0.1) is 0 Å². The normalized spacial score (nSPS) is 10.9. The maximum atomic E-state index is 12.9. The lowest BCUT2D eigenvalue weighted by Gasteiger charge is -1.99. The van der Waals surface area contributed by atoms with Gasteiger partial charge < -0.3 is 5.11 Å². The van der Waals surface area contributed by atoms with E-state index in [0.717, 1.165) is 6.08 Å². The molecule has 12 heavy (non-hydrogen) atoms. The minimum Gasteiger partial charge on any atom is -0.508 e. The van der Waals surface area contributed by atoms with E-state index >= 15 is 0 Å². The summed E-state index contributed by atoms with van der Waals surface area (Å²) >= 11 is 0. The quantitative estimate of drug-likeness (QED) is 0.379. The molecular formula is C10H13FO. The number of halogens is 1. The summed E-state index contributed by atoms with van der Waals surface area (Å²) in [5.41, 5.74) is 0.352. The molecule has 0 aliphatic carbocycles. The van der Waals surface area contributed by atoms with Crippen molar-refractivity contribution in [2.24, 2.45) is 0 Å². The average Bonchev–Trinajstić information content (AvgIpc) is 1.98. The van der Waals surface area contributed by atoms with Crippen molar-refractivity contribution in [3.63, 3.8) is 0 Å². The molecule has 0 unspecified atom stereocenters. The van der Waals surface area contributed by atoms with Crippen LogP contribution in [0.2, 0.25) is 0 Å². The number of allylic oxidation sites excluding steroid dienone is 4. The molecule has 1 nitrogen and oxygen atoms in total. The Hall–Kier alpha value is -1.31. The molecule has 0 bridgehead atoms. The molecule has 0 rings (SSSR count). The highest BCUT2D eigenvalue weighted by Crippen LogP contribution is 2.16. The van der Waals surface area contributed by atoms with Crippen molar-refractivity contribution in [2.45, 2.75) is 12.8 Å². The first kappa shape index (κ1) is 10.7. The summed E-state index contributed by atoms with van der Waals surface area (Å²) in [6.07, 6.45) is 3.83.